The maximum atomic E-state index is 5.50. The fourth-order valence-corrected chi connectivity index (χ4v) is 8.72. The predicted molar refractivity (Wildman–Crippen MR) is 197 cm³/mol. The van der Waals surface area contributed by atoms with Gasteiger partial charge in [0.15, 0.2) is 0 Å². The van der Waals surface area contributed by atoms with Crippen molar-refractivity contribution < 1.29 is 0 Å². The summed E-state index contributed by atoms with van der Waals surface area (Å²) in [6.45, 7) is 10.8. The molecule has 46 heavy (non-hydrogen) atoms. The standard InChI is InChI=1S/C44H33NS/c1-4-39(45-42(29(2)3)36-25-15-23-33-32-21-12-14-28-40(32)46-43(33)36)35-24-16-27-38-41(35)34-22-11-13-26-37(34)44(38,30-17-7-5-8-18-30)31-19-9-6-10-20-31/h4-28,39H,1-2H2,3H3. The van der Waals surface area contributed by atoms with Crippen LogP contribution in [0.25, 0.3) is 31.3 Å². The molecule has 1 heterocycles. The van der Waals surface area contributed by atoms with E-state index in [1.54, 1.807) is 0 Å². The van der Waals surface area contributed by atoms with E-state index in [2.05, 4.69) is 166 Å². The van der Waals surface area contributed by atoms with Crippen LogP contribution in [0.3, 0.4) is 0 Å². The second-order valence-electron chi connectivity index (χ2n) is 12.0. The molecule has 1 nitrogen and oxygen atoms in total. The van der Waals surface area contributed by atoms with Gasteiger partial charge in [0.1, 0.15) is 0 Å². The second-order valence-corrected chi connectivity index (χ2v) is 13.1. The Bertz CT molecular complexity index is 2270. The van der Waals surface area contributed by atoms with Crippen LogP contribution in [0.4, 0.5) is 0 Å². The Kier molecular flexibility index (Phi) is 6.89. The molecule has 0 radical (unpaired) electrons. The molecule has 1 aromatic heterocycles. The summed E-state index contributed by atoms with van der Waals surface area (Å²) in [5, 5.41) is 2.54. The Hall–Kier alpha value is -5.31. The molecule has 1 atom stereocenters. The molecular formula is C44H33NS. The molecule has 220 valence electrons. The van der Waals surface area contributed by atoms with E-state index in [4.69, 9.17) is 4.99 Å². The summed E-state index contributed by atoms with van der Waals surface area (Å²) >= 11 is 1.82. The average Bonchev–Trinajstić information content (AvgIpc) is 3.64. The van der Waals surface area contributed by atoms with Crippen molar-refractivity contribution in [2.45, 2.75) is 18.4 Å². The number of benzene rings is 6. The quantitative estimate of drug-likeness (QED) is 0.126. The third-order valence-corrected chi connectivity index (χ3v) is 10.6. The second kappa shape index (κ2) is 11.2. The van der Waals surface area contributed by atoms with Gasteiger partial charge < -0.3 is 0 Å². The number of rotatable bonds is 7. The van der Waals surface area contributed by atoms with Crippen LogP contribution in [0.15, 0.2) is 175 Å². The lowest BCUT2D eigenvalue weighted by Gasteiger charge is -2.34. The van der Waals surface area contributed by atoms with Gasteiger partial charge in [0.2, 0.25) is 0 Å². The molecule has 6 aromatic carbocycles. The van der Waals surface area contributed by atoms with Gasteiger partial charge in [-0.3, -0.25) is 4.99 Å². The van der Waals surface area contributed by atoms with Gasteiger partial charge in [-0.05, 0) is 57.5 Å². The third kappa shape index (κ3) is 4.18. The lowest BCUT2D eigenvalue weighted by atomic mass is 9.67. The van der Waals surface area contributed by atoms with Gasteiger partial charge in [-0.2, -0.15) is 0 Å². The van der Waals surface area contributed by atoms with Crippen LogP contribution in [0, 0.1) is 0 Å². The van der Waals surface area contributed by atoms with Crippen molar-refractivity contribution in [2.75, 3.05) is 0 Å². The first-order chi connectivity index (χ1) is 22.6. The number of hydrogen-bond acceptors (Lipinski definition) is 2. The molecule has 8 rings (SSSR count). The summed E-state index contributed by atoms with van der Waals surface area (Å²) in [7, 11) is 0. The van der Waals surface area contributed by atoms with E-state index >= 15 is 0 Å². The minimum atomic E-state index is -0.459. The van der Waals surface area contributed by atoms with Gasteiger partial charge in [-0.25, -0.2) is 0 Å². The highest BCUT2D eigenvalue weighted by Gasteiger charge is 2.47. The Labute approximate surface area is 274 Å². The highest BCUT2D eigenvalue weighted by Crippen LogP contribution is 2.57. The van der Waals surface area contributed by atoms with E-state index < -0.39 is 5.41 Å². The van der Waals surface area contributed by atoms with Crippen molar-refractivity contribution in [1.29, 1.82) is 0 Å². The number of thiophene rings is 1. The molecule has 0 N–H and O–H groups in total. The van der Waals surface area contributed by atoms with E-state index in [-0.39, 0.29) is 6.04 Å². The molecule has 0 fully saturated rings. The maximum Gasteiger partial charge on any atom is 0.0941 e. The zero-order valence-electron chi connectivity index (χ0n) is 25.8. The molecule has 7 aromatic rings. The van der Waals surface area contributed by atoms with Gasteiger partial charge in [0.25, 0.3) is 0 Å². The summed E-state index contributed by atoms with van der Waals surface area (Å²) in [4.78, 5) is 5.50. The predicted octanol–water partition coefficient (Wildman–Crippen LogP) is 11.7. The van der Waals surface area contributed by atoms with E-state index in [9.17, 15) is 0 Å². The SMILES string of the molecule is C=CC(N=C(C(=C)C)c1cccc2c1sc1ccccc12)c1cccc2c1-c1ccccc1C2(c1ccccc1)c1ccccc1. The van der Waals surface area contributed by atoms with Crippen LogP contribution < -0.4 is 0 Å². The first kappa shape index (κ1) is 28.2. The Morgan fingerprint density at radius 1 is 0.674 bits per heavy atom. The van der Waals surface area contributed by atoms with Crippen LogP contribution >= 0.6 is 11.3 Å². The molecule has 0 saturated carbocycles. The van der Waals surface area contributed by atoms with Gasteiger partial charge in [-0.1, -0.05) is 152 Å². The van der Waals surface area contributed by atoms with Gasteiger partial charge >= 0.3 is 0 Å². The first-order valence-corrected chi connectivity index (χ1v) is 16.6. The molecule has 1 unspecified atom stereocenters. The lowest BCUT2D eigenvalue weighted by Crippen LogP contribution is -2.28. The zero-order valence-corrected chi connectivity index (χ0v) is 26.6. The third-order valence-electron chi connectivity index (χ3n) is 9.39. The number of nitrogens with zero attached hydrogens (tertiary/aromatic N) is 1. The Balaban J connectivity index is 1.38. The van der Waals surface area contributed by atoms with Crippen molar-refractivity contribution in [3.63, 3.8) is 0 Å². The molecule has 1 aliphatic carbocycles. The topological polar surface area (TPSA) is 12.4 Å². The van der Waals surface area contributed by atoms with Crippen LogP contribution in [-0.4, -0.2) is 5.71 Å². The lowest BCUT2D eigenvalue weighted by molar-refractivity contribution is 0.766. The largest absolute Gasteiger partial charge is 0.272 e. The zero-order chi connectivity index (χ0) is 31.3. The summed E-state index contributed by atoms with van der Waals surface area (Å²) in [5.41, 5.74) is 11.2. The summed E-state index contributed by atoms with van der Waals surface area (Å²) < 4.78 is 2.52. The Morgan fingerprint density at radius 3 is 2.00 bits per heavy atom. The van der Waals surface area contributed by atoms with Crippen LogP contribution in [-0.2, 0) is 5.41 Å². The van der Waals surface area contributed by atoms with Gasteiger partial charge in [-0.15, -0.1) is 17.9 Å². The number of aliphatic imine (C=N–C) groups is 1. The number of allylic oxidation sites excluding steroid dienone is 1. The number of fused-ring (bicyclic) bond motifs is 6. The van der Waals surface area contributed by atoms with Gasteiger partial charge in [0, 0.05) is 25.7 Å². The highest BCUT2D eigenvalue weighted by atomic mass is 32.1. The van der Waals surface area contributed by atoms with Crippen molar-refractivity contribution >= 4 is 37.2 Å². The molecule has 0 amide bonds. The molecule has 0 bridgehead atoms. The minimum absolute atomic E-state index is 0.276. The van der Waals surface area contributed by atoms with Crippen molar-refractivity contribution in [3.8, 4) is 11.1 Å². The van der Waals surface area contributed by atoms with Crippen LogP contribution in [0.5, 0.6) is 0 Å². The molecular weight excluding hydrogens is 575 g/mol. The molecule has 0 saturated heterocycles. The normalized spacial score (nSPS) is 14.2. The van der Waals surface area contributed by atoms with Crippen LogP contribution in [0.2, 0.25) is 0 Å². The van der Waals surface area contributed by atoms with E-state index in [0.29, 0.717) is 0 Å². The fourth-order valence-electron chi connectivity index (χ4n) is 7.50. The summed E-state index contributed by atoms with van der Waals surface area (Å²) in [6.07, 6.45) is 1.98. The maximum absolute atomic E-state index is 5.50. The van der Waals surface area contributed by atoms with Crippen LogP contribution in [0.1, 0.15) is 46.3 Å². The fraction of sp³-hybridized carbons (Fsp3) is 0.0682. The average molecular weight is 608 g/mol. The molecule has 1 aliphatic rings. The first-order valence-electron chi connectivity index (χ1n) is 15.7. The Morgan fingerprint density at radius 2 is 1.28 bits per heavy atom. The molecule has 0 spiro atoms. The highest BCUT2D eigenvalue weighted by molar-refractivity contribution is 7.26. The minimum Gasteiger partial charge on any atom is -0.272 e. The van der Waals surface area contributed by atoms with Crippen molar-refractivity contribution in [1.82, 2.24) is 0 Å². The molecule has 2 heteroatoms. The summed E-state index contributed by atoms with van der Waals surface area (Å²) in [5.74, 6) is 0. The van der Waals surface area contributed by atoms with E-state index in [1.807, 2.05) is 17.4 Å². The van der Waals surface area contributed by atoms with Crippen molar-refractivity contribution in [3.05, 3.63) is 204 Å². The molecule has 0 aliphatic heterocycles. The summed E-state index contributed by atoms with van der Waals surface area (Å²) in [6, 6.07) is 52.3. The van der Waals surface area contributed by atoms with Gasteiger partial charge in [0.05, 0.1) is 17.2 Å². The monoisotopic (exact) mass is 607 g/mol. The smallest absolute Gasteiger partial charge is 0.0941 e. The van der Waals surface area contributed by atoms with E-state index in [1.165, 1.54) is 53.6 Å². The van der Waals surface area contributed by atoms with E-state index in [0.717, 1.165) is 22.4 Å². The number of hydrogen-bond donors (Lipinski definition) is 0. The van der Waals surface area contributed by atoms with Crippen molar-refractivity contribution in [2.24, 2.45) is 4.99 Å².